The lowest BCUT2D eigenvalue weighted by atomic mass is 9.90. The number of H-pyrrole nitrogens is 1. The third-order valence-electron chi connectivity index (χ3n) is 9.37. The number of nitrogens with one attached hydrogen (secondary N) is 1. The van der Waals surface area contributed by atoms with E-state index in [1.807, 2.05) is 12.1 Å². The highest BCUT2D eigenvalue weighted by Crippen LogP contribution is 2.38. The molecule has 5 aromatic rings. The number of nitrogens with zero attached hydrogens (tertiary/aromatic N) is 6. The molecule has 1 saturated carbocycles. The first-order valence-electron chi connectivity index (χ1n) is 15.5. The number of aliphatic hydroxyl groups is 1. The summed E-state index contributed by atoms with van der Waals surface area (Å²) in [5.74, 6) is 0.244. The second kappa shape index (κ2) is 12.0. The zero-order valence-electron chi connectivity index (χ0n) is 24.4. The third-order valence-corrected chi connectivity index (χ3v) is 9.37. The molecule has 0 bridgehead atoms. The lowest BCUT2D eigenvalue weighted by Crippen LogP contribution is -2.51. The van der Waals surface area contributed by atoms with Gasteiger partial charge in [-0.2, -0.15) is 5.10 Å². The van der Waals surface area contributed by atoms with Gasteiger partial charge in [-0.1, -0.05) is 24.3 Å². The molecule has 2 fully saturated rings. The highest BCUT2D eigenvalue weighted by Gasteiger charge is 2.31. The largest absolute Gasteiger partial charge is 0.396 e. The van der Waals surface area contributed by atoms with Crippen molar-refractivity contribution in [1.29, 1.82) is 0 Å². The van der Waals surface area contributed by atoms with Crippen molar-refractivity contribution in [2.45, 2.75) is 50.6 Å². The van der Waals surface area contributed by atoms with Crippen molar-refractivity contribution in [1.82, 2.24) is 34.5 Å². The molecule has 1 aliphatic heterocycles. The first kappa shape index (κ1) is 27.9. The van der Waals surface area contributed by atoms with Crippen LogP contribution in [-0.2, 0) is 6.42 Å². The number of hydrogen-bond donors (Lipinski definition) is 3. The molecule has 3 aromatic heterocycles. The second-order valence-electron chi connectivity index (χ2n) is 12.0. The number of piperazine rings is 1. The topological polar surface area (TPSA) is 112 Å². The van der Waals surface area contributed by atoms with Gasteiger partial charge in [-0.15, -0.1) is 0 Å². The van der Waals surface area contributed by atoms with Gasteiger partial charge in [0.15, 0.2) is 5.65 Å². The highest BCUT2D eigenvalue weighted by molar-refractivity contribution is 6.00. The van der Waals surface area contributed by atoms with E-state index in [-0.39, 0.29) is 18.5 Å². The van der Waals surface area contributed by atoms with Crippen LogP contribution in [0.4, 0.5) is 10.2 Å². The number of fused-ring (bicyclic) bond motifs is 2. The van der Waals surface area contributed by atoms with Gasteiger partial charge < -0.3 is 20.7 Å². The molecule has 43 heavy (non-hydrogen) atoms. The van der Waals surface area contributed by atoms with Crippen LogP contribution in [0, 0.1) is 5.82 Å². The van der Waals surface area contributed by atoms with Gasteiger partial charge in [0.1, 0.15) is 23.7 Å². The van der Waals surface area contributed by atoms with Crippen molar-refractivity contribution >= 4 is 27.8 Å². The van der Waals surface area contributed by atoms with Crippen LogP contribution in [0.3, 0.4) is 0 Å². The van der Waals surface area contributed by atoms with Crippen molar-refractivity contribution in [3.8, 4) is 11.3 Å². The Labute approximate surface area is 250 Å². The zero-order valence-corrected chi connectivity index (χ0v) is 24.4. The van der Waals surface area contributed by atoms with E-state index in [0.29, 0.717) is 23.8 Å². The van der Waals surface area contributed by atoms with Gasteiger partial charge in [0, 0.05) is 74.0 Å². The molecule has 2 aliphatic rings. The number of nitrogen functional groups attached to an aromatic ring is 1. The standard InChI is InChI=1S/C33H39FN8O/c34-28-5-2-1-4-22(28)19-25-20-24-18-23(6-11-29(24)38-25)31-30-32(35)36-21-37-33(30)42(39-31)27-9-7-26(8-10-27)41-15-13-40(14-16-41)12-3-17-43/h1-2,4-6,11,18,20-21,26-27,38,43H,3,7-10,12-17,19H2,(H2,35,36,37)/t26-,27-. The zero-order chi connectivity index (χ0) is 29.3. The van der Waals surface area contributed by atoms with Crippen LogP contribution in [-0.4, -0.2) is 85.0 Å². The van der Waals surface area contributed by atoms with Gasteiger partial charge in [-0.05, 0) is 61.9 Å². The molecule has 224 valence electrons. The van der Waals surface area contributed by atoms with Crippen molar-refractivity contribution in [3.63, 3.8) is 0 Å². The molecule has 0 amide bonds. The summed E-state index contributed by atoms with van der Waals surface area (Å²) < 4.78 is 16.4. The van der Waals surface area contributed by atoms with E-state index in [1.165, 1.54) is 12.4 Å². The van der Waals surface area contributed by atoms with Gasteiger partial charge >= 0.3 is 0 Å². The number of benzene rings is 2. The summed E-state index contributed by atoms with van der Waals surface area (Å²) in [4.78, 5) is 17.5. The summed E-state index contributed by atoms with van der Waals surface area (Å²) in [6.07, 6.45) is 7.26. The van der Waals surface area contributed by atoms with Crippen molar-refractivity contribution < 1.29 is 9.50 Å². The monoisotopic (exact) mass is 582 g/mol. The van der Waals surface area contributed by atoms with Crippen molar-refractivity contribution in [3.05, 3.63) is 71.9 Å². The summed E-state index contributed by atoms with van der Waals surface area (Å²) in [6, 6.07) is 16.1. The molecule has 0 spiro atoms. The predicted octanol–water partition coefficient (Wildman–Crippen LogP) is 4.77. The Morgan fingerprint density at radius 1 is 0.953 bits per heavy atom. The van der Waals surface area contributed by atoms with E-state index >= 15 is 0 Å². The summed E-state index contributed by atoms with van der Waals surface area (Å²) in [5, 5.41) is 16.1. The Hall–Kier alpha value is -3.86. The highest BCUT2D eigenvalue weighted by atomic mass is 19.1. The van der Waals surface area contributed by atoms with E-state index in [2.05, 4.69) is 53.7 Å². The molecule has 10 heteroatoms. The Balaban J connectivity index is 1.11. The number of rotatable bonds is 8. The van der Waals surface area contributed by atoms with Crippen LogP contribution < -0.4 is 5.73 Å². The van der Waals surface area contributed by atoms with Crippen LogP contribution in [0.2, 0.25) is 0 Å². The van der Waals surface area contributed by atoms with Crippen LogP contribution in [0.5, 0.6) is 0 Å². The molecule has 1 saturated heterocycles. The SMILES string of the molecule is Nc1ncnc2c1c(-c1ccc3[nH]c(Cc4ccccc4F)cc3c1)nn2[C@H]1CC[C@H](N2CCN(CCCO)CC2)CC1. The fourth-order valence-electron chi connectivity index (χ4n) is 7.05. The second-order valence-corrected chi connectivity index (χ2v) is 12.0. The maximum Gasteiger partial charge on any atom is 0.164 e. The molecular formula is C33H39FN8O. The molecule has 4 heterocycles. The van der Waals surface area contributed by atoms with E-state index in [9.17, 15) is 4.39 Å². The summed E-state index contributed by atoms with van der Waals surface area (Å²) in [5.41, 5.74) is 11.6. The number of aromatic amines is 1. The first-order valence-corrected chi connectivity index (χ1v) is 15.5. The van der Waals surface area contributed by atoms with E-state index in [4.69, 9.17) is 15.9 Å². The minimum Gasteiger partial charge on any atom is -0.396 e. The number of halogens is 1. The van der Waals surface area contributed by atoms with Crippen LogP contribution in [0.1, 0.15) is 49.4 Å². The first-order chi connectivity index (χ1) is 21.1. The average Bonchev–Trinajstić information content (AvgIpc) is 3.63. The Morgan fingerprint density at radius 3 is 2.53 bits per heavy atom. The van der Waals surface area contributed by atoms with Crippen molar-refractivity contribution in [2.24, 2.45) is 0 Å². The van der Waals surface area contributed by atoms with Gasteiger partial charge in [-0.25, -0.2) is 19.0 Å². The predicted molar refractivity (Wildman–Crippen MR) is 167 cm³/mol. The minimum atomic E-state index is -0.194. The Kier molecular flexibility index (Phi) is 7.81. The normalized spacial score (nSPS) is 20.3. The van der Waals surface area contributed by atoms with E-state index in [1.54, 1.807) is 6.07 Å². The van der Waals surface area contributed by atoms with Gasteiger partial charge in [0.25, 0.3) is 0 Å². The number of nitrogens with two attached hydrogens (primary N) is 1. The fourth-order valence-corrected chi connectivity index (χ4v) is 7.05. The maximum absolute atomic E-state index is 14.3. The molecule has 4 N–H and O–H groups in total. The molecule has 1 aliphatic carbocycles. The van der Waals surface area contributed by atoms with E-state index < -0.39 is 0 Å². The van der Waals surface area contributed by atoms with Gasteiger partial charge in [-0.3, -0.25) is 4.90 Å². The summed E-state index contributed by atoms with van der Waals surface area (Å²) >= 11 is 0. The fraction of sp³-hybridized carbons (Fsp3) is 0.424. The average molecular weight is 583 g/mol. The molecule has 2 aromatic carbocycles. The molecule has 9 nitrogen and oxygen atoms in total. The number of aromatic nitrogens is 5. The molecule has 7 rings (SSSR count). The quantitative estimate of drug-likeness (QED) is 0.242. The maximum atomic E-state index is 14.3. The van der Waals surface area contributed by atoms with Gasteiger partial charge in [0.2, 0.25) is 0 Å². The van der Waals surface area contributed by atoms with E-state index in [0.717, 1.165) is 104 Å². The number of hydrogen-bond acceptors (Lipinski definition) is 7. The lowest BCUT2D eigenvalue weighted by Gasteiger charge is -2.42. The number of anilines is 1. The number of aliphatic hydroxyl groups excluding tert-OH is 1. The lowest BCUT2D eigenvalue weighted by molar-refractivity contribution is 0.0680. The Bertz CT molecular complexity index is 1720. The smallest absolute Gasteiger partial charge is 0.164 e. The molecular weight excluding hydrogens is 543 g/mol. The minimum absolute atomic E-state index is 0.194. The summed E-state index contributed by atoms with van der Waals surface area (Å²) in [6.45, 7) is 5.62. The van der Waals surface area contributed by atoms with Crippen LogP contribution in [0.25, 0.3) is 33.2 Å². The van der Waals surface area contributed by atoms with Crippen LogP contribution >= 0.6 is 0 Å². The molecule has 0 radical (unpaired) electrons. The molecule has 0 unspecified atom stereocenters. The van der Waals surface area contributed by atoms with Crippen molar-refractivity contribution in [2.75, 3.05) is 45.1 Å². The Morgan fingerprint density at radius 2 is 1.74 bits per heavy atom. The third kappa shape index (κ3) is 5.62. The summed E-state index contributed by atoms with van der Waals surface area (Å²) in [7, 11) is 0. The van der Waals surface area contributed by atoms with Crippen LogP contribution in [0.15, 0.2) is 54.9 Å². The molecule has 0 atom stereocenters. The van der Waals surface area contributed by atoms with Gasteiger partial charge in [0.05, 0.1) is 11.4 Å².